The maximum atomic E-state index is 10.5. The summed E-state index contributed by atoms with van der Waals surface area (Å²) in [6.07, 6.45) is 6.54. The van der Waals surface area contributed by atoms with E-state index < -0.39 is 5.60 Å². The van der Waals surface area contributed by atoms with Crippen LogP contribution in [0.25, 0.3) is 0 Å². The van der Waals surface area contributed by atoms with E-state index in [0.717, 1.165) is 37.1 Å². The predicted molar refractivity (Wildman–Crippen MR) is 72.0 cm³/mol. The SMILES string of the molecule is Nc1ccccc1NCC1(O)CCCCCC1. The standard InChI is InChI=1S/C14H22N2O/c15-12-7-3-4-8-13(12)16-11-14(17)9-5-1-2-6-10-14/h3-4,7-8,16-17H,1-2,5-6,9-11,15H2. The van der Waals surface area contributed by atoms with Crippen LogP contribution in [0.1, 0.15) is 38.5 Å². The minimum Gasteiger partial charge on any atom is -0.397 e. The molecule has 1 aromatic rings. The van der Waals surface area contributed by atoms with Gasteiger partial charge in [0, 0.05) is 6.54 Å². The first-order chi connectivity index (χ1) is 8.20. The Kier molecular flexibility index (Phi) is 3.89. The Hall–Kier alpha value is -1.22. The smallest absolute Gasteiger partial charge is 0.0819 e. The predicted octanol–water partition coefficient (Wildman–Crippen LogP) is 2.77. The van der Waals surface area contributed by atoms with E-state index in [1.165, 1.54) is 12.8 Å². The number of nitrogens with two attached hydrogens (primary N) is 1. The Labute approximate surface area is 103 Å². The zero-order valence-electron chi connectivity index (χ0n) is 10.3. The Morgan fingerprint density at radius 2 is 1.76 bits per heavy atom. The lowest BCUT2D eigenvalue weighted by Crippen LogP contribution is -2.36. The highest BCUT2D eigenvalue weighted by molar-refractivity contribution is 5.65. The van der Waals surface area contributed by atoms with Gasteiger partial charge >= 0.3 is 0 Å². The second-order valence-corrected chi connectivity index (χ2v) is 5.08. The van der Waals surface area contributed by atoms with Crippen LogP contribution in [0, 0.1) is 0 Å². The Balaban J connectivity index is 1.94. The number of hydrogen-bond acceptors (Lipinski definition) is 3. The van der Waals surface area contributed by atoms with Crippen molar-refractivity contribution < 1.29 is 5.11 Å². The van der Waals surface area contributed by atoms with Crippen molar-refractivity contribution in [1.82, 2.24) is 0 Å². The van der Waals surface area contributed by atoms with Crippen LogP contribution in [0.5, 0.6) is 0 Å². The van der Waals surface area contributed by atoms with E-state index >= 15 is 0 Å². The molecule has 1 aliphatic carbocycles. The number of rotatable bonds is 3. The molecule has 0 unspecified atom stereocenters. The van der Waals surface area contributed by atoms with E-state index in [4.69, 9.17) is 5.73 Å². The first-order valence-electron chi connectivity index (χ1n) is 6.50. The van der Waals surface area contributed by atoms with Gasteiger partial charge in [0.25, 0.3) is 0 Å². The second kappa shape index (κ2) is 5.41. The van der Waals surface area contributed by atoms with Gasteiger partial charge in [0.1, 0.15) is 0 Å². The van der Waals surface area contributed by atoms with Gasteiger partial charge in [-0.3, -0.25) is 0 Å². The van der Waals surface area contributed by atoms with Crippen molar-refractivity contribution in [1.29, 1.82) is 0 Å². The van der Waals surface area contributed by atoms with Crippen molar-refractivity contribution in [3.63, 3.8) is 0 Å². The zero-order valence-corrected chi connectivity index (χ0v) is 10.3. The summed E-state index contributed by atoms with van der Waals surface area (Å²) in [5, 5.41) is 13.8. The van der Waals surface area contributed by atoms with Gasteiger partial charge in [-0.05, 0) is 25.0 Å². The van der Waals surface area contributed by atoms with Crippen LogP contribution in [-0.2, 0) is 0 Å². The quantitative estimate of drug-likeness (QED) is 0.557. The molecule has 1 fully saturated rings. The molecule has 2 rings (SSSR count). The van der Waals surface area contributed by atoms with Gasteiger partial charge in [-0.1, -0.05) is 37.8 Å². The van der Waals surface area contributed by atoms with Gasteiger partial charge in [-0.25, -0.2) is 0 Å². The molecule has 0 aromatic heterocycles. The van der Waals surface area contributed by atoms with E-state index in [2.05, 4.69) is 5.32 Å². The molecule has 17 heavy (non-hydrogen) atoms. The van der Waals surface area contributed by atoms with E-state index in [1.54, 1.807) is 0 Å². The molecule has 0 saturated heterocycles. The summed E-state index contributed by atoms with van der Waals surface area (Å²) in [4.78, 5) is 0. The van der Waals surface area contributed by atoms with Gasteiger partial charge < -0.3 is 16.2 Å². The third-order valence-corrected chi connectivity index (χ3v) is 3.60. The summed E-state index contributed by atoms with van der Waals surface area (Å²) in [5.41, 5.74) is 6.97. The highest BCUT2D eigenvalue weighted by atomic mass is 16.3. The molecule has 0 atom stereocenters. The van der Waals surface area contributed by atoms with Gasteiger partial charge in [-0.2, -0.15) is 0 Å². The highest BCUT2D eigenvalue weighted by Gasteiger charge is 2.27. The van der Waals surface area contributed by atoms with Crippen LogP contribution >= 0.6 is 0 Å². The van der Waals surface area contributed by atoms with Crippen LogP contribution in [-0.4, -0.2) is 17.3 Å². The summed E-state index contributed by atoms with van der Waals surface area (Å²) in [6, 6.07) is 7.70. The molecule has 0 aliphatic heterocycles. The molecular formula is C14H22N2O. The zero-order chi connectivity index (χ0) is 12.1. The lowest BCUT2D eigenvalue weighted by molar-refractivity contribution is 0.0381. The molecule has 1 saturated carbocycles. The molecule has 4 N–H and O–H groups in total. The Morgan fingerprint density at radius 1 is 1.12 bits per heavy atom. The number of anilines is 2. The minimum absolute atomic E-state index is 0.557. The molecular weight excluding hydrogens is 212 g/mol. The summed E-state index contributed by atoms with van der Waals surface area (Å²) < 4.78 is 0. The Morgan fingerprint density at radius 3 is 2.41 bits per heavy atom. The van der Waals surface area contributed by atoms with Crippen molar-refractivity contribution in [2.45, 2.75) is 44.1 Å². The molecule has 0 radical (unpaired) electrons. The van der Waals surface area contributed by atoms with E-state index in [9.17, 15) is 5.11 Å². The summed E-state index contributed by atoms with van der Waals surface area (Å²) in [6.45, 7) is 0.598. The fourth-order valence-corrected chi connectivity index (χ4v) is 2.48. The molecule has 0 heterocycles. The van der Waals surface area contributed by atoms with Crippen LogP contribution in [0.2, 0.25) is 0 Å². The van der Waals surface area contributed by atoms with Crippen LogP contribution in [0.3, 0.4) is 0 Å². The molecule has 1 aromatic carbocycles. The topological polar surface area (TPSA) is 58.3 Å². The van der Waals surface area contributed by atoms with E-state index in [-0.39, 0.29) is 0 Å². The summed E-state index contributed by atoms with van der Waals surface area (Å²) in [5.74, 6) is 0. The van der Waals surface area contributed by atoms with Crippen LogP contribution in [0.4, 0.5) is 11.4 Å². The van der Waals surface area contributed by atoms with Gasteiger partial charge in [-0.15, -0.1) is 0 Å². The number of aliphatic hydroxyl groups is 1. The lowest BCUT2D eigenvalue weighted by atomic mass is 9.94. The van der Waals surface area contributed by atoms with E-state index in [1.807, 2.05) is 24.3 Å². The Bertz CT molecular complexity index is 357. The normalized spacial score (nSPS) is 19.6. The molecule has 0 amide bonds. The number of benzene rings is 1. The number of hydrogen-bond donors (Lipinski definition) is 3. The fraction of sp³-hybridized carbons (Fsp3) is 0.571. The van der Waals surface area contributed by atoms with Crippen molar-refractivity contribution in [3.05, 3.63) is 24.3 Å². The molecule has 1 aliphatic rings. The largest absolute Gasteiger partial charge is 0.397 e. The van der Waals surface area contributed by atoms with Crippen molar-refractivity contribution in [2.75, 3.05) is 17.6 Å². The number of nitrogens with one attached hydrogen (secondary N) is 1. The van der Waals surface area contributed by atoms with E-state index in [0.29, 0.717) is 6.54 Å². The third kappa shape index (κ3) is 3.37. The average Bonchev–Trinajstić information content (AvgIpc) is 2.54. The van der Waals surface area contributed by atoms with Crippen LogP contribution < -0.4 is 11.1 Å². The van der Waals surface area contributed by atoms with Crippen molar-refractivity contribution >= 4 is 11.4 Å². The monoisotopic (exact) mass is 234 g/mol. The maximum absolute atomic E-state index is 10.5. The molecule has 3 heteroatoms. The second-order valence-electron chi connectivity index (χ2n) is 5.08. The molecule has 94 valence electrons. The maximum Gasteiger partial charge on any atom is 0.0819 e. The fourth-order valence-electron chi connectivity index (χ4n) is 2.48. The average molecular weight is 234 g/mol. The first kappa shape index (κ1) is 12.2. The van der Waals surface area contributed by atoms with Crippen LogP contribution in [0.15, 0.2) is 24.3 Å². The third-order valence-electron chi connectivity index (χ3n) is 3.60. The lowest BCUT2D eigenvalue weighted by Gasteiger charge is -2.27. The van der Waals surface area contributed by atoms with Crippen molar-refractivity contribution in [2.24, 2.45) is 0 Å². The van der Waals surface area contributed by atoms with Gasteiger partial charge in [0.05, 0.1) is 17.0 Å². The molecule has 0 spiro atoms. The molecule has 3 nitrogen and oxygen atoms in total. The first-order valence-corrected chi connectivity index (χ1v) is 6.50. The van der Waals surface area contributed by atoms with Gasteiger partial charge in [0.15, 0.2) is 0 Å². The molecule has 0 bridgehead atoms. The van der Waals surface area contributed by atoms with Crippen molar-refractivity contribution in [3.8, 4) is 0 Å². The summed E-state index contributed by atoms with van der Waals surface area (Å²) >= 11 is 0. The van der Waals surface area contributed by atoms with Gasteiger partial charge in [0.2, 0.25) is 0 Å². The number of nitrogen functional groups attached to an aromatic ring is 1. The minimum atomic E-state index is -0.557. The highest BCUT2D eigenvalue weighted by Crippen LogP contribution is 2.28. The number of para-hydroxylation sites is 2. The summed E-state index contributed by atoms with van der Waals surface area (Å²) in [7, 11) is 0.